The van der Waals surface area contributed by atoms with Crippen molar-refractivity contribution in [3.8, 4) is 0 Å². The normalized spacial score (nSPS) is 12.6. The lowest BCUT2D eigenvalue weighted by Gasteiger charge is -2.14. The monoisotopic (exact) mass is 427 g/mol. The van der Waals surface area contributed by atoms with Gasteiger partial charge in [-0.2, -0.15) is 0 Å². The number of fused-ring (bicyclic) bond motifs is 1. The molecular weight excluding hydrogens is 417 g/mol. The molecule has 3 aromatic rings. The third-order valence-corrected chi connectivity index (χ3v) is 4.53. The minimum atomic E-state index is 0.0230. The first-order valence-corrected chi connectivity index (χ1v) is 8.40. The maximum atomic E-state index is 6.23. The van der Waals surface area contributed by atoms with E-state index in [2.05, 4.69) is 37.2 Å². The number of hydrogen-bond donors (Lipinski definition) is 1. The van der Waals surface area contributed by atoms with Gasteiger partial charge in [0.15, 0.2) is 0 Å². The molecule has 108 valence electrons. The van der Waals surface area contributed by atoms with Crippen molar-refractivity contribution in [2.75, 3.05) is 5.32 Å². The van der Waals surface area contributed by atoms with Crippen molar-refractivity contribution in [1.82, 2.24) is 0 Å². The van der Waals surface area contributed by atoms with Crippen LogP contribution < -0.4 is 5.32 Å². The second-order valence-electron chi connectivity index (χ2n) is 4.82. The lowest BCUT2D eigenvalue weighted by atomic mass is 10.2. The summed E-state index contributed by atoms with van der Waals surface area (Å²) in [6.45, 7) is 2.05. The predicted octanol–water partition coefficient (Wildman–Crippen LogP) is 6.78. The Hall–Kier alpha value is -0.970. The minimum Gasteiger partial charge on any atom is -0.459 e. The van der Waals surface area contributed by atoms with Crippen LogP contribution in [0.1, 0.15) is 18.7 Å². The summed E-state index contributed by atoms with van der Waals surface area (Å²) in [4.78, 5) is 0. The molecule has 2 nitrogen and oxygen atoms in total. The molecule has 0 saturated heterocycles. The third kappa shape index (κ3) is 3.28. The number of nitrogens with one attached hydrogen (secondary N) is 1. The van der Waals surface area contributed by atoms with E-state index in [1.54, 1.807) is 0 Å². The molecule has 0 fully saturated rings. The number of benzene rings is 2. The van der Waals surface area contributed by atoms with Crippen LogP contribution in [-0.2, 0) is 0 Å². The van der Waals surface area contributed by atoms with Crippen molar-refractivity contribution < 1.29 is 4.42 Å². The van der Waals surface area contributed by atoms with Gasteiger partial charge >= 0.3 is 0 Å². The smallest absolute Gasteiger partial charge is 0.134 e. The van der Waals surface area contributed by atoms with Crippen molar-refractivity contribution in [1.29, 1.82) is 0 Å². The topological polar surface area (TPSA) is 25.2 Å². The molecule has 0 amide bonds. The summed E-state index contributed by atoms with van der Waals surface area (Å²) in [7, 11) is 0. The summed E-state index contributed by atoms with van der Waals surface area (Å²) < 4.78 is 7.88. The van der Waals surface area contributed by atoms with Gasteiger partial charge in [0.05, 0.1) is 16.8 Å². The molecule has 1 heterocycles. The predicted molar refractivity (Wildman–Crippen MR) is 95.1 cm³/mol. The van der Waals surface area contributed by atoms with Crippen LogP contribution in [0, 0.1) is 0 Å². The van der Waals surface area contributed by atoms with Gasteiger partial charge in [-0.05, 0) is 49.4 Å². The molecular formula is C16H12Br2ClNO. The van der Waals surface area contributed by atoms with Crippen molar-refractivity contribution in [3.05, 3.63) is 62.2 Å². The average molecular weight is 430 g/mol. The van der Waals surface area contributed by atoms with Crippen molar-refractivity contribution in [3.63, 3.8) is 0 Å². The Balaban J connectivity index is 1.87. The van der Waals surface area contributed by atoms with E-state index in [0.29, 0.717) is 5.02 Å². The van der Waals surface area contributed by atoms with Crippen LogP contribution in [-0.4, -0.2) is 0 Å². The van der Waals surface area contributed by atoms with E-state index in [4.69, 9.17) is 16.0 Å². The molecule has 0 bridgehead atoms. The van der Waals surface area contributed by atoms with E-state index < -0.39 is 0 Å². The summed E-state index contributed by atoms with van der Waals surface area (Å²) in [5, 5.41) is 5.13. The van der Waals surface area contributed by atoms with E-state index >= 15 is 0 Å². The fraction of sp³-hybridized carbons (Fsp3) is 0.125. The van der Waals surface area contributed by atoms with E-state index in [-0.39, 0.29) is 6.04 Å². The zero-order valence-corrected chi connectivity index (χ0v) is 15.1. The van der Waals surface area contributed by atoms with Gasteiger partial charge in [-0.15, -0.1) is 0 Å². The highest BCUT2D eigenvalue weighted by molar-refractivity contribution is 9.10. The summed E-state index contributed by atoms with van der Waals surface area (Å²) in [5.74, 6) is 0.877. The largest absolute Gasteiger partial charge is 0.459 e. The summed E-state index contributed by atoms with van der Waals surface area (Å²) >= 11 is 13.1. The Morgan fingerprint density at radius 1 is 1.05 bits per heavy atom. The molecule has 0 saturated carbocycles. The second-order valence-corrected chi connectivity index (χ2v) is 7.06. The van der Waals surface area contributed by atoms with Crippen LogP contribution in [0.5, 0.6) is 0 Å². The Morgan fingerprint density at radius 2 is 1.76 bits per heavy atom. The van der Waals surface area contributed by atoms with Crippen LogP contribution in [0.15, 0.2) is 55.8 Å². The quantitative estimate of drug-likeness (QED) is 0.496. The van der Waals surface area contributed by atoms with E-state index in [0.717, 1.165) is 31.4 Å². The number of hydrogen-bond acceptors (Lipinski definition) is 2. The summed E-state index contributed by atoms with van der Waals surface area (Å²) in [6, 6.07) is 13.8. The minimum absolute atomic E-state index is 0.0230. The first-order chi connectivity index (χ1) is 10.0. The van der Waals surface area contributed by atoms with Gasteiger partial charge in [-0.1, -0.05) is 43.5 Å². The Labute approximate surface area is 144 Å². The van der Waals surface area contributed by atoms with Gasteiger partial charge in [0, 0.05) is 14.3 Å². The lowest BCUT2D eigenvalue weighted by molar-refractivity contribution is 0.526. The molecule has 0 aliphatic heterocycles. The van der Waals surface area contributed by atoms with Gasteiger partial charge < -0.3 is 9.73 Å². The number of rotatable bonds is 3. The molecule has 2 aromatic carbocycles. The molecule has 1 atom stereocenters. The molecule has 21 heavy (non-hydrogen) atoms. The SMILES string of the molecule is CC(Nc1ccc(Br)cc1Cl)c1cc2cc(Br)ccc2o1. The first kappa shape index (κ1) is 14.9. The Bertz CT molecular complexity index is 800. The molecule has 1 aromatic heterocycles. The Kier molecular flexibility index (Phi) is 4.29. The highest BCUT2D eigenvalue weighted by Gasteiger charge is 2.13. The molecule has 3 rings (SSSR count). The number of furan rings is 1. The maximum absolute atomic E-state index is 6.23. The van der Waals surface area contributed by atoms with Gasteiger partial charge in [0.25, 0.3) is 0 Å². The standard InChI is InChI=1S/C16H12Br2ClNO/c1-9(20-14-4-2-12(18)8-13(14)19)16-7-10-6-11(17)3-5-15(10)21-16/h2-9,20H,1H3. The van der Waals surface area contributed by atoms with Gasteiger partial charge in [-0.25, -0.2) is 0 Å². The molecule has 1 N–H and O–H groups in total. The zero-order chi connectivity index (χ0) is 15.0. The third-order valence-electron chi connectivity index (χ3n) is 3.23. The van der Waals surface area contributed by atoms with Crippen molar-refractivity contribution >= 4 is 60.1 Å². The van der Waals surface area contributed by atoms with Crippen molar-refractivity contribution in [2.45, 2.75) is 13.0 Å². The van der Waals surface area contributed by atoms with Crippen LogP contribution in [0.2, 0.25) is 5.02 Å². The van der Waals surface area contributed by atoms with Gasteiger partial charge in [0.1, 0.15) is 11.3 Å². The average Bonchev–Trinajstić information content (AvgIpc) is 2.85. The zero-order valence-electron chi connectivity index (χ0n) is 11.2. The maximum Gasteiger partial charge on any atom is 0.134 e. The lowest BCUT2D eigenvalue weighted by Crippen LogP contribution is -2.05. The van der Waals surface area contributed by atoms with Crippen LogP contribution in [0.3, 0.4) is 0 Å². The highest BCUT2D eigenvalue weighted by Crippen LogP contribution is 2.31. The van der Waals surface area contributed by atoms with Crippen LogP contribution in [0.4, 0.5) is 5.69 Å². The summed E-state index contributed by atoms with van der Waals surface area (Å²) in [5.41, 5.74) is 1.76. The molecule has 0 aliphatic rings. The number of halogens is 3. The summed E-state index contributed by atoms with van der Waals surface area (Å²) in [6.07, 6.45) is 0. The number of anilines is 1. The van der Waals surface area contributed by atoms with E-state index in [1.165, 1.54) is 0 Å². The van der Waals surface area contributed by atoms with Crippen LogP contribution >= 0.6 is 43.5 Å². The van der Waals surface area contributed by atoms with E-state index in [1.807, 2.05) is 49.4 Å². The highest BCUT2D eigenvalue weighted by atomic mass is 79.9. The molecule has 0 radical (unpaired) electrons. The first-order valence-electron chi connectivity index (χ1n) is 6.43. The molecule has 5 heteroatoms. The molecule has 1 unspecified atom stereocenters. The molecule has 0 spiro atoms. The van der Waals surface area contributed by atoms with E-state index in [9.17, 15) is 0 Å². The fourth-order valence-electron chi connectivity index (χ4n) is 2.16. The van der Waals surface area contributed by atoms with Gasteiger partial charge in [0.2, 0.25) is 0 Å². The second kappa shape index (κ2) is 6.03. The van der Waals surface area contributed by atoms with Crippen LogP contribution in [0.25, 0.3) is 11.0 Å². The Morgan fingerprint density at radius 3 is 2.52 bits per heavy atom. The van der Waals surface area contributed by atoms with Gasteiger partial charge in [-0.3, -0.25) is 0 Å². The fourth-order valence-corrected chi connectivity index (χ4v) is 3.27. The molecule has 0 aliphatic carbocycles. The van der Waals surface area contributed by atoms with Crippen molar-refractivity contribution in [2.24, 2.45) is 0 Å².